The standard InChI is InChI=1S/C15H22O2S/c1-10-7-8-11(14(2,3)4)9-12(10)18-15(5,6)13(16)17/h7-9H,1-6H3,(H,16,17). The summed E-state index contributed by atoms with van der Waals surface area (Å²) in [5.41, 5.74) is 2.44. The van der Waals surface area contributed by atoms with Crippen molar-refractivity contribution in [2.45, 2.75) is 56.6 Å². The highest BCUT2D eigenvalue weighted by molar-refractivity contribution is 8.01. The first-order valence-electron chi connectivity index (χ1n) is 6.07. The maximum absolute atomic E-state index is 11.2. The fourth-order valence-corrected chi connectivity index (χ4v) is 2.55. The Balaban J connectivity index is 3.14. The molecule has 18 heavy (non-hydrogen) atoms. The first-order chi connectivity index (χ1) is 8.04. The molecule has 0 saturated heterocycles. The summed E-state index contributed by atoms with van der Waals surface area (Å²) in [6.45, 7) is 12.0. The maximum atomic E-state index is 11.2. The summed E-state index contributed by atoms with van der Waals surface area (Å²) in [5.74, 6) is -0.784. The lowest BCUT2D eigenvalue weighted by atomic mass is 9.87. The van der Waals surface area contributed by atoms with Crippen molar-refractivity contribution in [3.8, 4) is 0 Å². The van der Waals surface area contributed by atoms with Gasteiger partial charge in [-0.1, -0.05) is 32.9 Å². The minimum Gasteiger partial charge on any atom is -0.480 e. The van der Waals surface area contributed by atoms with Crippen LogP contribution in [0.3, 0.4) is 0 Å². The molecule has 1 rings (SSSR count). The second-order valence-electron chi connectivity index (χ2n) is 6.15. The van der Waals surface area contributed by atoms with Crippen LogP contribution in [0, 0.1) is 6.92 Å². The number of thioether (sulfide) groups is 1. The van der Waals surface area contributed by atoms with Gasteiger partial charge in [0.25, 0.3) is 0 Å². The topological polar surface area (TPSA) is 37.3 Å². The van der Waals surface area contributed by atoms with Crippen LogP contribution in [-0.2, 0) is 10.2 Å². The quantitative estimate of drug-likeness (QED) is 0.831. The average Bonchev–Trinajstić information content (AvgIpc) is 2.19. The normalized spacial score (nSPS) is 12.6. The molecule has 0 atom stereocenters. The smallest absolute Gasteiger partial charge is 0.319 e. The minimum atomic E-state index is -0.804. The summed E-state index contributed by atoms with van der Waals surface area (Å²) in [4.78, 5) is 12.2. The third-order valence-electron chi connectivity index (χ3n) is 2.93. The molecule has 1 aromatic carbocycles. The van der Waals surface area contributed by atoms with Crippen molar-refractivity contribution in [3.05, 3.63) is 29.3 Å². The highest BCUT2D eigenvalue weighted by Gasteiger charge is 2.29. The molecule has 0 aliphatic carbocycles. The van der Waals surface area contributed by atoms with E-state index >= 15 is 0 Å². The van der Waals surface area contributed by atoms with Crippen molar-refractivity contribution < 1.29 is 9.90 Å². The van der Waals surface area contributed by atoms with E-state index in [2.05, 4.69) is 39.0 Å². The van der Waals surface area contributed by atoms with Crippen molar-refractivity contribution in [2.24, 2.45) is 0 Å². The van der Waals surface area contributed by atoms with Crippen molar-refractivity contribution in [1.29, 1.82) is 0 Å². The molecule has 3 heteroatoms. The Hall–Kier alpha value is -0.960. The third kappa shape index (κ3) is 3.52. The highest BCUT2D eigenvalue weighted by atomic mass is 32.2. The van der Waals surface area contributed by atoms with Crippen molar-refractivity contribution >= 4 is 17.7 Å². The van der Waals surface area contributed by atoms with Crippen LogP contribution in [0.15, 0.2) is 23.1 Å². The number of benzene rings is 1. The van der Waals surface area contributed by atoms with E-state index in [0.29, 0.717) is 0 Å². The molecule has 2 nitrogen and oxygen atoms in total. The number of carbonyl (C=O) groups is 1. The molecule has 0 saturated carbocycles. The van der Waals surface area contributed by atoms with Gasteiger partial charge < -0.3 is 5.11 Å². The van der Waals surface area contributed by atoms with E-state index < -0.39 is 10.7 Å². The van der Waals surface area contributed by atoms with Gasteiger partial charge in [0.1, 0.15) is 4.75 Å². The molecule has 0 aliphatic rings. The molecule has 0 aliphatic heterocycles. The monoisotopic (exact) mass is 266 g/mol. The zero-order valence-electron chi connectivity index (χ0n) is 12.0. The Morgan fingerprint density at radius 1 is 1.17 bits per heavy atom. The number of carboxylic acids is 1. The molecule has 100 valence electrons. The van der Waals surface area contributed by atoms with Crippen molar-refractivity contribution in [1.82, 2.24) is 0 Å². The second kappa shape index (κ2) is 4.96. The van der Waals surface area contributed by atoms with E-state index in [1.165, 1.54) is 17.3 Å². The van der Waals surface area contributed by atoms with E-state index in [9.17, 15) is 9.90 Å². The van der Waals surface area contributed by atoms with Crippen LogP contribution in [0.5, 0.6) is 0 Å². The summed E-state index contributed by atoms with van der Waals surface area (Å²) < 4.78 is -0.804. The van der Waals surface area contributed by atoms with Gasteiger partial charge in [-0.05, 0) is 43.4 Å². The minimum absolute atomic E-state index is 0.0797. The van der Waals surface area contributed by atoms with E-state index in [1.807, 2.05) is 6.92 Å². The van der Waals surface area contributed by atoms with Gasteiger partial charge >= 0.3 is 5.97 Å². The Kier molecular flexibility index (Phi) is 4.16. The Labute approximate surface area is 114 Å². The highest BCUT2D eigenvalue weighted by Crippen LogP contribution is 2.37. The molecule has 0 fully saturated rings. The summed E-state index contributed by atoms with van der Waals surface area (Å²) in [7, 11) is 0. The molecule has 1 N–H and O–H groups in total. The molecule has 1 aromatic rings. The number of hydrogen-bond acceptors (Lipinski definition) is 2. The van der Waals surface area contributed by atoms with Crippen molar-refractivity contribution in [3.63, 3.8) is 0 Å². The van der Waals surface area contributed by atoms with Gasteiger partial charge in [-0.3, -0.25) is 4.79 Å². The van der Waals surface area contributed by atoms with E-state index in [4.69, 9.17) is 0 Å². The van der Waals surface area contributed by atoms with Gasteiger partial charge in [-0.25, -0.2) is 0 Å². The fraction of sp³-hybridized carbons (Fsp3) is 0.533. The lowest BCUT2D eigenvalue weighted by molar-refractivity contribution is -0.138. The fourth-order valence-electron chi connectivity index (χ4n) is 1.50. The van der Waals surface area contributed by atoms with E-state index in [0.717, 1.165) is 10.5 Å². The van der Waals surface area contributed by atoms with Gasteiger partial charge in [-0.2, -0.15) is 0 Å². The lowest BCUT2D eigenvalue weighted by Crippen LogP contribution is -2.27. The predicted octanol–water partition coefficient (Wildman–Crippen LogP) is 4.25. The Bertz CT molecular complexity index is 456. The zero-order chi connectivity index (χ0) is 14.1. The maximum Gasteiger partial charge on any atom is 0.319 e. The lowest BCUT2D eigenvalue weighted by Gasteiger charge is -2.23. The molecule has 0 aromatic heterocycles. The first-order valence-corrected chi connectivity index (χ1v) is 6.89. The SMILES string of the molecule is Cc1ccc(C(C)(C)C)cc1SC(C)(C)C(=O)O. The van der Waals surface area contributed by atoms with Crippen LogP contribution < -0.4 is 0 Å². The predicted molar refractivity (Wildman–Crippen MR) is 77.5 cm³/mol. The molecule has 0 heterocycles. The molecular formula is C15H22O2S. The molecular weight excluding hydrogens is 244 g/mol. The number of aryl methyl sites for hydroxylation is 1. The Morgan fingerprint density at radius 2 is 1.72 bits per heavy atom. The van der Waals surface area contributed by atoms with Crippen LogP contribution in [0.4, 0.5) is 0 Å². The van der Waals surface area contributed by atoms with Crippen LogP contribution in [0.1, 0.15) is 45.7 Å². The summed E-state index contributed by atoms with van der Waals surface area (Å²) >= 11 is 1.41. The molecule has 0 radical (unpaired) electrons. The second-order valence-corrected chi connectivity index (χ2v) is 7.81. The van der Waals surface area contributed by atoms with Gasteiger partial charge in [0, 0.05) is 4.90 Å². The van der Waals surface area contributed by atoms with E-state index in [-0.39, 0.29) is 5.41 Å². The summed E-state index contributed by atoms with van der Waals surface area (Å²) in [5, 5.41) is 9.20. The molecule has 0 amide bonds. The van der Waals surface area contributed by atoms with Crippen LogP contribution in [0.25, 0.3) is 0 Å². The summed E-state index contributed by atoms with van der Waals surface area (Å²) in [6, 6.07) is 6.30. The number of rotatable bonds is 3. The zero-order valence-corrected chi connectivity index (χ0v) is 12.8. The Morgan fingerprint density at radius 3 is 2.17 bits per heavy atom. The van der Waals surface area contributed by atoms with Crippen LogP contribution in [-0.4, -0.2) is 15.8 Å². The van der Waals surface area contributed by atoms with Gasteiger partial charge in [0.15, 0.2) is 0 Å². The van der Waals surface area contributed by atoms with Crippen LogP contribution in [0.2, 0.25) is 0 Å². The molecule has 0 bridgehead atoms. The van der Waals surface area contributed by atoms with E-state index in [1.54, 1.807) is 13.8 Å². The summed E-state index contributed by atoms with van der Waals surface area (Å²) in [6.07, 6.45) is 0. The number of carboxylic acid groups (broad SMARTS) is 1. The molecule has 0 unspecified atom stereocenters. The number of aliphatic carboxylic acids is 1. The molecule has 0 spiro atoms. The van der Waals surface area contributed by atoms with Gasteiger partial charge in [0.05, 0.1) is 0 Å². The third-order valence-corrected chi connectivity index (χ3v) is 4.28. The van der Waals surface area contributed by atoms with Gasteiger partial charge in [-0.15, -0.1) is 11.8 Å². The largest absolute Gasteiger partial charge is 0.480 e. The van der Waals surface area contributed by atoms with Gasteiger partial charge in [0.2, 0.25) is 0 Å². The first kappa shape index (κ1) is 15.1. The van der Waals surface area contributed by atoms with Crippen LogP contribution >= 0.6 is 11.8 Å². The van der Waals surface area contributed by atoms with Crippen molar-refractivity contribution in [2.75, 3.05) is 0 Å². The number of hydrogen-bond donors (Lipinski definition) is 1. The average molecular weight is 266 g/mol.